The van der Waals surface area contributed by atoms with Crippen molar-refractivity contribution in [3.05, 3.63) is 0 Å². The van der Waals surface area contributed by atoms with Crippen molar-refractivity contribution in [1.29, 1.82) is 0 Å². The molecule has 0 heterocycles. The Morgan fingerprint density at radius 1 is 0.684 bits per heavy atom. The molecule has 0 unspecified atom stereocenters. The zero-order chi connectivity index (χ0) is 15.1. The average molecular weight is 270 g/mol. The third-order valence-corrected chi connectivity index (χ3v) is 3.55. The Balaban J connectivity index is 3.55. The van der Waals surface area contributed by atoms with Crippen LogP contribution in [0.2, 0.25) is 0 Å². The molecule has 0 spiro atoms. The fourth-order valence-electron chi connectivity index (χ4n) is 3.12. The summed E-state index contributed by atoms with van der Waals surface area (Å²) in [6.07, 6.45) is 5.28. The summed E-state index contributed by atoms with van der Waals surface area (Å²) in [6.45, 7) is 21.2. The van der Waals surface area contributed by atoms with Gasteiger partial charge in [0.15, 0.2) is 0 Å². The van der Waals surface area contributed by atoms with Gasteiger partial charge in [0, 0.05) is 0 Å². The van der Waals surface area contributed by atoms with Gasteiger partial charge >= 0.3 is 0 Å². The van der Waals surface area contributed by atoms with Gasteiger partial charge in [-0.1, -0.05) is 55.4 Å². The summed E-state index contributed by atoms with van der Waals surface area (Å²) in [7, 11) is 0. The van der Waals surface area contributed by atoms with E-state index in [-0.39, 0.29) is 0 Å². The highest BCUT2D eigenvalue weighted by molar-refractivity contribution is 4.69. The highest BCUT2D eigenvalue weighted by Crippen LogP contribution is 2.26. The lowest BCUT2D eigenvalue weighted by Crippen LogP contribution is -2.23. The van der Waals surface area contributed by atoms with Crippen LogP contribution in [0.5, 0.6) is 0 Å². The molecule has 0 rings (SSSR count). The summed E-state index contributed by atoms with van der Waals surface area (Å²) in [5.74, 6) is 1.67. The average Bonchev–Trinajstić information content (AvgIpc) is 2.10. The summed E-state index contributed by atoms with van der Waals surface area (Å²) in [5.41, 5.74) is 0.946. The van der Waals surface area contributed by atoms with E-state index in [2.05, 4.69) is 60.7 Å². The highest BCUT2D eigenvalue weighted by Gasteiger charge is 2.16. The Labute approximate surface area is 122 Å². The molecule has 0 aromatic rings. The fourth-order valence-corrected chi connectivity index (χ4v) is 3.12. The van der Waals surface area contributed by atoms with E-state index in [4.69, 9.17) is 0 Å². The van der Waals surface area contributed by atoms with Crippen molar-refractivity contribution in [3.8, 4) is 0 Å². The summed E-state index contributed by atoms with van der Waals surface area (Å²) in [4.78, 5) is 0. The predicted octanol–water partition coefficient (Wildman–Crippen LogP) is 5.50. The zero-order valence-corrected chi connectivity index (χ0v) is 14.9. The number of rotatable bonds is 8. The Hall–Kier alpha value is -0.0400. The first-order chi connectivity index (χ1) is 8.49. The van der Waals surface area contributed by atoms with Crippen molar-refractivity contribution >= 4 is 0 Å². The van der Waals surface area contributed by atoms with E-state index in [9.17, 15) is 0 Å². The quantitative estimate of drug-likeness (QED) is 0.574. The maximum Gasteiger partial charge on any atom is -0.00464 e. The molecular weight excluding hydrogens is 230 g/mol. The normalized spacial score (nSPS) is 16.4. The molecule has 0 saturated carbocycles. The van der Waals surface area contributed by atoms with Gasteiger partial charge in [-0.2, -0.15) is 0 Å². The van der Waals surface area contributed by atoms with Crippen molar-refractivity contribution in [3.63, 3.8) is 0 Å². The smallest absolute Gasteiger partial charge is 0.00464 e. The lowest BCUT2D eigenvalue weighted by molar-refractivity contribution is 0.286. The van der Waals surface area contributed by atoms with Crippen LogP contribution in [0.4, 0.5) is 0 Å². The molecular formula is C18H39N. The first kappa shape index (κ1) is 19.0. The summed E-state index contributed by atoms with van der Waals surface area (Å²) in [5, 5.41) is 3.62. The first-order valence-corrected chi connectivity index (χ1v) is 8.20. The van der Waals surface area contributed by atoms with Crippen molar-refractivity contribution in [2.45, 2.75) is 81.1 Å². The van der Waals surface area contributed by atoms with Crippen molar-refractivity contribution in [2.24, 2.45) is 22.7 Å². The van der Waals surface area contributed by atoms with Gasteiger partial charge in [0.05, 0.1) is 0 Å². The molecule has 0 aliphatic rings. The molecule has 0 aromatic heterocycles. The van der Waals surface area contributed by atoms with Gasteiger partial charge in [0.2, 0.25) is 0 Å². The predicted molar refractivity (Wildman–Crippen MR) is 88.6 cm³/mol. The molecule has 0 amide bonds. The van der Waals surface area contributed by atoms with Crippen molar-refractivity contribution in [2.75, 3.05) is 13.1 Å². The molecule has 116 valence electrons. The molecule has 0 aliphatic carbocycles. The summed E-state index contributed by atoms with van der Waals surface area (Å²) < 4.78 is 0. The van der Waals surface area contributed by atoms with E-state index in [1.54, 1.807) is 0 Å². The maximum absolute atomic E-state index is 3.62. The van der Waals surface area contributed by atoms with Crippen LogP contribution in [0.25, 0.3) is 0 Å². The Morgan fingerprint density at radius 2 is 1.00 bits per heavy atom. The first-order valence-electron chi connectivity index (χ1n) is 8.20. The third-order valence-electron chi connectivity index (χ3n) is 3.55. The van der Waals surface area contributed by atoms with Gasteiger partial charge in [-0.05, 0) is 61.4 Å². The summed E-state index contributed by atoms with van der Waals surface area (Å²) >= 11 is 0. The largest absolute Gasteiger partial charge is 0.317 e. The molecule has 2 atom stereocenters. The number of nitrogens with one attached hydrogen (secondary N) is 1. The highest BCUT2D eigenvalue weighted by atomic mass is 14.8. The Bertz CT molecular complexity index is 195. The van der Waals surface area contributed by atoms with E-state index < -0.39 is 0 Å². The second-order valence-electron chi connectivity index (χ2n) is 9.07. The minimum Gasteiger partial charge on any atom is -0.317 e. The van der Waals surface area contributed by atoms with E-state index in [0.29, 0.717) is 10.8 Å². The van der Waals surface area contributed by atoms with Crippen LogP contribution in [-0.2, 0) is 0 Å². The van der Waals surface area contributed by atoms with Gasteiger partial charge in [-0.25, -0.2) is 0 Å². The van der Waals surface area contributed by atoms with Gasteiger partial charge < -0.3 is 5.32 Å². The third kappa shape index (κ3) is 14.2. The second-order valence-corrected chi connectivity index (χ2v) is 9.07. The van der Waals surface area contributed by atoms with Crippen LogP contribution in [0.15, 0.2) is 0 Å². The minimum atomic E-state index is 0.473. The molecule has 0 saturated heterocycles. The number of hydrogen-bond donors (Lipinski definition) is 1. The molecule has 0 fully saturated rings. The van der Waals surface area contributed by atoms with Crippen LogP contribution in [-0.4, -0.2) is 13.1 Å². The van der Waals surface area contributed by atoms with Gasteiger partial charge in [0.1, 0.15) is 0 Å². The molecule has 0 radical (unpaired) electrons. The van der Waals surface area contributed by atoms with Crippen LogP contribution < -0.4 is 5.32 Å². The standard InChI is InChI=1S/C18H39N/c1-15(13-17(3,4)5)9-11-19-12-10-16(2)14-18(6,7)8/h15-16,19H,9-14H2,1-8H3/t15-,16+. The number of hydrogen-bond acceptors (Lipinski definition) is 1. The molecule has 1 nitrogen and oxygen atoms in total. The van der Waals surface area contributed by atoms with Crippen LogP contribution in [0.1, 0.15) is 81.1 Å². The van der Waals surface area contributed by atoms with Gasteiger partial charge in [-0.15, -0.1) is 0 Å². The Morgan fingerprint density at radius 3 is 1.26 bits per heavy atom. The minimum absolute atomic E-state index is 0.473. The molecule has 1 N–H and O–H groups in total. The van der Waals surface area contributed by atoms with Crippen molar-refractivity contribution < 1.29 is 0 Å². The molecule has 19 heavy (non-hydrogen) atoms. The maximum atomic E-state index is 3.62. The van der Waals surface area contributed by atoms with E-state index in [1.165, 1.54) is 38.8 Å². The summed E-state index contributed by atoms with van der Waals surface area (Å²) in [6, 6.07) is 0. The van der Waals surface area contributed by atoms with Crippen LogP contribution >= 0.6 is 0 Å². The topological polar surface area (TPSA) is 12.0 Å². The molecule has 0 aliphatic heterocycles. The lowest BCUT2D eigenvalue weighted by Gasteiger charge is -2.24. The van der Waals surface area contributed by atoms with Crippen molar-refractivity contribution in [1.82, 2.24) is 5.32 Å². The fraction of sp³-hybridized carbons (Fsp3) is 1.00. The van der Waals surface area contributed by atoms with Gasteiger partial charge in [-0.3, -0.25) is 0 Å². The SMILES string of the molecule is C[C@H](CCNCC[C@H](C)CC(C)(C)C)CC(C)(C)C. The molecule has 1 heteroatoms. The van der Waals surface area contributed by atoms with E-state index in [1.807, 2.05) is 0 Å². The van der Waals surface area contributed by atoms with Crippen LogP contribution in [0, 0.1) is 22.7 Å². The van der Waals surface area contributed by atoms with Gasteiger partial charge in [0.25, 0.3) is 0 Å². The Kier molecular flexibility index (Phi) is 8.27. The second kappa shape index (κ2) is 8.29. The van der Waals surface area contributed by atoms with Crippen LogP contribution in [0.3, 0.4) is 0 Å². The monoisotopic (exact) mass is 269 g/mol. The zero-order valence-electron chi connectivity index (χ0n) is 14.9. The van der Waals surface area contributed by atoms with E-state index >= 15 is 0 Å². The van der Waals surface area contributed by atoms with E-state index in [0.717, 1.165) is 11.8 Å². The lowest BCUT2D eigenvalue weighted by atomic mass is 9.84. The molecule has 0 bridgehead atoms. The molecule has 0 aromatic carbocycles.